The summed E-state index contributed by atoms with van der Waals surface area (Å²) in [5.41, 5.74) is 3.66. The molecule has 0 radical (unpaired) electrons. The van der Waals surface area contributed by atoms with Gasteiger partial charge in [-0.3, -0.25) is 9.36 Å². The van der Waals surface area contributed by atoms with Gasteiger partial charge in [-0.25, -0.2) is 0 Å². The van der Waals surface area contributed by atoms with Crippen LogP contribution in [0.5, 0.6) is 0 Å². The molecule has 2 heterocycles. The average molecular weight is 367 g/mol. The van der Waals surface area contributed by atoms with Crippen LogP contribution in [0, 0.1) is 0 Å². The highest BCUT2D eigenvalue weighted by atomic mass is 32.1. The van der Waals surface area contributed by atoms with E-state index in [1.807, 2.05) is 10.6 Å². The lowest BCUT2D eigenvalue weighted by molar-refractivity contribution is 0.274. The zero-order valence-electron chi connectivity index (χ0n) is 15.2. The molecule has 26 heavy (non-hydrogen) atoms. The summed E-state index contributed by atoms with van der Waals surface area (Å²) >= 11 is 1.38. The highest BCUT2D eigenvalue weighted by Gasteiger charge is 2.12. The van der Waals surface area contributed by atoms with E-state index >= 15 is 0 Å². The molecular weight excluding hydrogens is 340 g/mol. The van der Waals surface area contributed by atoms with Crippen LogP contribution in [0.2, 0.25) is 0 Å². The van der Waals surface area contributed by atoms with Gasteiger partial charge in [0.15, 0.2) is 0 Å². The number of hydrogen-bond donors (Lipinski definition) is 0. The second kappa shape index (κ2) is 8.19. The van der Waals surface area contributed by atoms with Crippen molar-refractivity contribution in [2.24, 2.45) is 0 Å². The van der Waals surface area contributed by atoms with Gasteiger partial charge in [0.05, 0.1) is 10.2 Å². The molecule has 0 atom stereocenters. The van der Waals surface area contributed by atoms with Crippen molar-refractivity contribution in [3.05, 3.63) is 69.3 Å². The van der Waals surface area contributed by atoms with Gasteiger partial charge in [0.2, 0.25) is 0 Å². The summed E-state index contributed by atoms with van der Waals surface area (Å²) in [7, 11) is 0. The van der Waals surface area contributed by atoms with Crippen molar-refractivity contribution >= 4 is 21.6 Å². The summed E-state index contributed by atoms with van der Waals surface area (Å²) in [4.78, 5) is 15.2. The third-order valence-electron chi connectivity index (χ3n) is 5.32. The van der Waals surface area contributed by atoms with E-state index in [1.54, 1.807) is 0 Å². The summed E-state index contributed by atoms with van der Waals surface area (Å²) in [6.45, 7) is 4.14. The van der Waals surface area contributed by atoms with Gasteiger partial charge in [-0.1, -0.05) is 60.6 Å². The minimum Gasteiger partial charge on any atom is -0.302 e. The van der Waals surface area contributed by atoms with Crippen molar-refractivity contribution in [1.29, 1.82) is 0 Å². The van der Waals surface area contributed by atoms with Crippen molar-refractivity contribution in [1.82, 2.24) is 9.47 Å². The lowest BCUT2D eigenvalue weighted by Crippen LogP contribution is -2.30. The number of rotatable bonds is 5. The Morgan fingerprint density at radius 1 is 0.846 bits per heavy atom. The zero-order valence-corrected chi connectivity index (χ0v) is 16.0. The average Bonchev–Trinajstić information content (AvgIpc) is 2.82. The number of fused-ring (bicyclic) bond motifs is 1. The largest absolute Gasteiger partial charge is 0.308 e. The molecule has 0 bridgehead atoms. The molecule has 4 rings (SSSR count). The minimum atomic E-state index is 0.173. The standard InChI is InChI=1S/C22H26N2OS/c25-22-24(15-14-23-12-6-1-2-7-13-23)20-11-10-19(17-21(20)26-22)16-18-8-4-3-5-9-18/h3-5,8-11,17H,1-2,6-7,12-16H2. The Morgan fingerprint density at radius 3 is 2.38 bits per heavy atom. The van der Waals surface area contributed by atoms with Gasteiger partial charge in [-0.15, -0.1) is 0 Å². The third kappa shape index (κ3) is 4.08. The highest BCUT2D eigenvalue weighted by Crippen LogP contribution is 2.21. The molecule has 1 aliphatic heterocycles. The molecule has 1 aliphatic rings. The lowest BCUT2D eigenvalue weighted by Gasteiger charge is -2.19. The normalized spacial score (nSPS) is 16.0. The summed E-state index contributed by atoms with van der Waals surface area (Å²) in [6, 6.07) is 17.0. The fourth-order valence-electron chi connectivity index (χ4n) is 3.87. The second-order valence-corrected chi connectivity index (χ2v) is 8.23. The maximum Gasteiger partial charge on any atom is 0.308 e. The molecule has 0 amide bonds. The van der Waals surface area contributed by atoms with Gasteiger partial charge in [-0.2, -0.15) is 0 Å². The van der Waals surface area contributed by atoms with E-state index in [2.05, 4.69) is 47.4 Å². The van der Waals surface area contributed by atoms with Crippen molar-refractivity contribution in [3.8, 4) is 0 Å². The first-order valence-corrected chi connectivity index (χ1v) is 10.5. The Labute approximate surface area is 158 Å². The van der Waals surface area contributed by atoms with E-state index in [1.165, 1.54) is 61.2 Å². The van der Waals surface area contributed by atoms with Crippen LogP contribution in [-0.2, 0) is 13.0 Å². The number of hydrogen-bond acceptors (Lipinski definition) is 3. The van der Waals surface area contributed by atoms with Crippen LogP contribution < -0.4 is 4.87 Å². The monoisotopic (exact) mass is 366 g/mol. The van der Waals surface area contributed by atoms with Crippen LogP contribution in [0.4, 0.5) is 0 Å². The van der Waals surface area contributed by atoms with Crippen molar-refractivity contribution in [3.63, 3.8) is 0 Å². The molecule has 2 aromatic carbocycles. The molecular formula is C22H26N2OS. The summed E-state index contributed by atoms with van der Waals surface area (Å²) < 4.78 is 3.08. The maximum atomic E-state index is 12.5. The van der Waals surface area contributed by atoms with E-state index in [-0.39, 0.29) is 4.87 Å². The molecule has 1 fully saturated rings. The Bertz CT molecular complexity index is 905. The van der Waals surface area contributed by atoms with Crippen LogP contribution in [0.1, 0.15) is 36.8 Å². The number of likely N-dealkylation sites (tertiary alicyclic amines) is 1. The van der Waals surface area contributed by atoms with Gasteiger partial charge in [0.25, 0.3) is 0 Å². The zero-order chi connectivity index (χ0) is 17.8. The van der Waals surface area contributed by atoms with Gasteiger partial charge < -0.3 is 4.90 Å². The van der Waals surface area contributed by atoms with Gasteiger partial charge >= 0.3 is 4.87 Å². The van der Waals surface area contributed by atoms with E-state index in [0.29, 0.717) is 0 Å². The predicted molar refractivity (Wildman–Crippen MR) is 110 cm³/mol. The fourth-order valence-corrected chi connectivity index (χ4v) is 4.85. The highest BCUT2D eigenvalue weighted by molar-refractivity contribution is 7.16. The molecule has 0 spiro atoms. The molecule has 0 saturated carbocycles. The molecule has 3 aromatic rings. The third-order valence-corrected chi connectivity index (χ3v) is 6.26. The smallest absolute Gasteiger partial charge is 0.302 e. The predicted octanol–water partition coefficient (Wildman–Crippen LogP) is 4.53. The van der Waals surface area contributed by atoms with Crippen molar-refractivity contribution in [2.45, 2.75) is 38.6 Å². The van der Waals surface area contributed by atoms with E-state index in [4.69, 9.17) is 0 Å². The molecule has 0 unspecified atom stereocenters. The van der Waals surface area contributed by atoms with E-state index in [9.17, 15) is 4.79 Å². The Hall–Kier alpha value is -1.91. The first-order valence-electron chi connectivity index (χ1n) is 9.68. The number of thiazole rings is 1. The number of benzene rings is 2. The first kappa shape index (κ1) is 17.5. The quantitative estimate of drug-likeness (QED) is 0.663. The van der Waals surface area contributed by atoms with Gasteiger partial charge in [0, 0.05) is 13.1 Å². The van der Waals surface area contributed by atoms with E-state index in [0.717, 1.165) is 29.7 Å². The molecule has 0 N–H and O–H groups in total. The van der Waals surface area contributed by atoms with Crippen molar-refractivity contribution in [2.75, 3.05) is 19.6 Å². The fraction of sp³-hybridized carbons (Fsp3) is 0.409. The first-order chi connectivity index (χ1) is 12.8. The maximum absolute atomic E-state index is 12.5. The topological polar surface area (TPSA) is 25.2 Å². The summed E-state index contributed by atoms with van der Waals surface area (Å²) in [6.07, 6.45) is 6.20. The van der Waals surface area contributed by atoms with Crippen LogP contribution in [0.15, 0.2) is 53.3 Å². The second-order valence-electron chi connectivity index (χ2n) is 7.24. The van der Waals surface area contributed by atoms with Crippen molar-refractivity contribution < 1.29 is 0 Å². The Morgan fingerprint density at radius 2 is 1.62 bits per heavy atom. The number of nitrogens with zero attached hydrogens (tertiary/aromatic N) is 2. The summed E-state index contributed by atoms with van der Waals surface area (Å²) in [5.74, 6) is 0. The molecule has 0 aliphatic carbocycles. The summed E-state index contributed by atoms with van der Waals surface area (Å²) in [5, 5.41) is 0. The van der Waals surface area contributed by atoms with Gasteiger partial charge in [0.1, 0.15) is 0 Å². The van der Waals surface area contributed by atoms with Gasteiger partial charge in [-0.05, 0) is 55.6 Å². The van der Waals surface area contributed by atoms with E-state index < -0.39 is 0 Å². The molecule has 1 aromatic heterocycles. The minimum absolute atomic E-state index is 0.173. The van der Waals surface area contributed by atoms with Crippen LogP contribution in [-0.4, -0.2) is 29.1 Å². The molecule has 4 heteroatoms. The Balaban J connectivity index is 1.51. The van der Waals surface area contributed by atoms with Crippen LogP contribution >= 0.6 is 11.3 Å². The molecule has 136 valence electrons. The molecule has 1 saturated heterocycles. The SMILES string of the molecule is O=c1sc2cc(Cc3ccccc3)ccc2n1CCN1CCCCCC1. The van der Waals surface area contributed by atoms with Crippen LogP contribution in [0.3, 0.4) is 0 Å². The van der Waals surface area contributed by atoms with Crippen LogP contribution in [0.25, 0.3) is 10.2 Å². The Kier molecular flexibility index (Phi) is 5.51. The lowest BCUT2D eigenvalue weighted by atomic mass is 10.1. The molecule has 3 nitrogen and oxygen atoms in total. The number of aromatic nitrogens is 1.